The van der Waals surface area contributed by atoms with Gasteiger partial charge in [0.05, 0.1) is 19.6 Å². The Labute approximate surface area is 173 Å². The molecule has 3 rings (SSSR count). The molecule has 0 saturated carbocycles. The highest BCUT2D eigenvalue weighted by Crippen LogP contribution is 2.40. The van der Waals surface area contributed by atoms with Crippen molar-refractivity contribution < 1.29 is 28.5 Å². The Morgan fingerprint density at radius 1 is 1.20 bits per heavy atom. The highest BCUT2D eigenvalue weighted by Gasteiger charge is 2.17. The molecule has 154 valence electrons. The minimum Gasteiger partial charge on any atom is -0.493 e. The van der Waals surface area contributed by atoms with Crippen LogP contribution >= 0.6 is 0 Å². The molecule has 0 spiro atoms. The fourth-order valence-corrected chi connectivity index (χ4v) is 2.73. The van der Waals surface area contributed by atoms with Gasteiger partial charge in [-0.25, -0.2) is 4.79 Å². The van der Waals surface area contributed by atoms with E-state index in [1.54, 1.807) is 36.4 Å². The second kappa shape index (κ2) is 9.98. The molecule has 2 aromatic rings. The molecule has 1 aliphatic rings. The van der Waals surface area contributed by atoms with Crippen LogP contribution in [0.15, 0.2) is 42.5 Å². The standard InChI is InChI=1S/C22H20N2O6/c1-27-18-12-16(13-19-22(18)29-11-10-28-19)4-7-21(26)30-14-20(25)24-17-5-2-15(3-6-17)8-9-23/h2-7,12-13H,8,10-11,14H2,1H3,(H,24,25)/b7-4+. The lowest BCUT2D eigenvalue weighted by Crippen LogP contribution is -2.20. The van der Waals surface area contributed by atoms with E-state index in [-0.39, 0.29) is 0 Å². The number of nitrogens with zero attached hydrogens (tertiary/aromatic N) is 1. The molecule has 0 aromatic heterocycles. The van der Waals surface area contributed by atoms with Crippen molar-refractivity contribution in [3.63, 3.8) is 0 Å². The van der Waals surface area contributed by atoms with Crippen molar-refractivity contribution in [3.05, 3.63) is 53.6 Å². The Morgan fingerprint density at radius 2 is 1.97 bits per heavy atom. The zero-order chi connectivity index (χ0) is 21.3. The third kappa shape index (κ3) is 5.52. The average Bonchev–Trinajstić information content (AvgIpc) is 2.77. The van der Waals surface area contributed by atoms with E-state index >= 15 is 0 Å². The van der Waals surface area contributed by atoms with Crippen molar-refractivity contribution in [2.45, 2.75) is 6.42 Å². The number of anilines is 1. The molecule has 0 atom stereocenters. The summed E-state index contributed by atoms with van der Waals surface area (Å²) in [5, 5.41) is 11.3. The van der Waals surface area contributed by atoms with E-state index in [4.69, 9.17) is 24.2 Å². The van der Waals surface area contributed by atoms with Gasteiger partial charge in [0.2, 0.25) is 5.75 Å². The van der Waals surface area contributed by atoms with Gasteiger partial charge in [-0.3, -0.25) is 4.79 Å². The van der Waals surface area contributed by atoms with Crippen molar-refractivity contribution in [1.29, 1.82) is 5.26 Å². The maximum absolute atomic E-state index is 11.9. The Kier molecular flexibility index (Phi) is 6.90. The van der Waals surface area contributed by atoms with E-state index in [0.717, 1.165) is 5.56 Å². The number of esters is 1. The molecule has 0 bridgehead atoms. The minimum atomic E-state index is -0.664. The van der Waals surface area contributed by atoms with Gasteiger partial charge in [-0.15, -0.1) is 0 Å². The smallest absolute Gasteiger partial charge is 0.331 e. The zero-order valence-corrected chi connectivity index (χ0v) is 16.3. The summed E-state index contributed by atoms with van der Waals surface area (Å²) >= 11 is 0. The largest absolute Gasteiger partial charge is 0.493 e. The molecule has 0 fully saturated rings. The number of nitrogens with one attached hydrogen (secondary N) is 1. The number of ether oxygens (including phenoxy) is 4. The lowest BCUT2D eigenvalue weighted by Gasteiger charge is -2.20. The number of fused-ring (bicyclic) bond motifs is 1. The molecule has 0 radical (unpaired) electrons. The number of carbonyl (C=O) groups excluding carboxylic acids is 2. The topological polar surface area (TPSA) is 107 Å². The molecule has 0 saturated heterocycles. The van der Waals surface area contributed by atoms with Crippen molar-refractivity contribution in [3.8, 4) is 23.3 Å². The van der Waals surface area contributed by atoms with Gasteiger partial charge in [0, 0.05) is 11.8 Å². The Hall–Kier alpha value is -3.99. The SMILES string of the molecule is COc1cc(/C=C/C(=O)OCC(=O)Nc2ccc(CC#N)cc2)cc2c1OCCO2. The summed E-state index contributed by atoms with van der Waals surface area (Å²) in [6.45, 7) is 0.450. The number of benzene rings is 2. The number of rotatable bonds is 7. The number of carbonyl (C=O) groups is 2. The van der Waals surface area contributed by atoms with Gasteiger partial charge in [0.1, 0.15) is 13.2 Å². The summed E-state index contributed by atoms with van der Waals surface area (Å²) in [4.78, 5) is 23.9. The van der Waals surface area contributed by atoms with Gasteiger partial charge < -0.3 is 24.3 Å². The molecule has 0 unspecified atom stereocenters. The third-order valence-corrected chi connectivity index (χ3v) is 4.13. The molecule has 8 heteroatoms. The van der Waals surface area contributed by atoms with Crippen LogP contribution in [0.3, 0.4) is 0 Å². The third-order valence-electron chi connectivity index (χ3n) is 4.13. The maximum atomic E-state index is 11.9. The highest BCUT2D eigenvalue weighted by atomic mass is 16.6. The van der Waals surface area contributed by atoms with Crippen molar-refractivity contribution in [2.75, 3.05) is 32.2 Å². The van der Waals surface area contributed by atoms with Gasteiger partial charge >= 0.3 is 5.97 Å². The van der Waals surface area contributed by atoms with E-state index < -0.39 is 18.5 Å². The lowest BCUT2D eigenvalue weighted by molar-refractivity contribution is -0.142. The van der Waals surface area contributed by atoms with E-state index in [9.17, 15) is 9.59 Å². The molecular weight excluding hydrogens is 388 g/mol. The molecular formula is C22H20N2O6. The summed E-state index contributed by atoms with van der Waals surface area (Å²) in [7, 11) is 1.52. The van der Waals surface area contributed by atoms with Crippen LogP contribution in [0.25, 0.3) is 6.08 Å². The van der Waals surface area contributed by atoms with E-state index in [1.807, 2.05) is 0 Å². The minimum absolute atomic E-state index is 0.299. The average molecular weight is 408 g/mol. The first-order valence-electron chi connectivity index (χ1n) is 9.17. The van der Waals surface area contributed by atoms with Crippen LogP contribution in [0.5, 0.6) is 17.2 Å². The van der Waals surface area contributed by atoms with Crippen molar-refractivity contribution in [1.82, 2.24) is 0 Å². The van der Waals surface area contributed by atoms with Crippen LogP contribution in [0.2, 0.25) is 0 Å². The van der Waals surface area contributed by atoms with Gasteiger partial charge in [-0.2, -0.15) is 5.26 Å². The quantitative estimate of drug-likeness (QED) is 0.554. The second-order valence-corrected chi connectivity index (χ2v) is 6.27. The summed E-state index contributed by atoms with van der Waals surface area (Å²) in [5.41, 5.74) is 2.06. The summed E-state index contributed by atoms with van der Waals surface area (Å²) in [6, 6.07) is 12.3. The second-order valence-electron chi connectivity index (χ2n) is 6.27. The molecule has 30 heavy (non-hydrogen) atoms. The number of hydrogen-bond donors (Lipinski definition) is 1. The molecule has 1 amide bonds. The van der Waals surface area contributed by atoms with Gasteiger partial charge in [-0.05, 0) is 41.5 Å². The lowest BCUT2D eigenvalue weighted by atomic mass is 10.1. The van der Waals surface area contributed by atoms with E-state index in [0.29, 0.717) is 48.1 Å². The molecule has 1 aliphatic heterocycles. The van der Waals surface area contributed by atoms with Gasteiger partial charge in [-0.1, -0.05) is 12.1 Å². The predicted octanol–water partition coefficient (Wildman–Crippen LogP) is 2.73. The van der Waals surface area contributed by atoms with Crippen molar-refractivity contribution in [2.24, 2.45) is 0 Å². The first-order valence-corrected chi connectivity index (χ1v) is 9.17. The van der Waals surface area contributed by atoms with Crippen LogP contribution in [0, 0.1) is 11.3 Å². The molecule has 0 aliphatic carbocycles. The fraction of sp³-hybridized carbons (Fsp3) is 0.227. The number of amides is 1. The van der Waals surface area contributed by atoms with Crippen LogP contribution in [0.1, 0.15) is 11.1 Å². The number of nitriles is 1. The highest BCUT2D eigenvalue weighted by molar-refractivity contribution is 5.94. The molecule has 8 nitrogen and oxygen atoms in total. The van der Waals surface area contributed by atoms with E-state index in [1.165, 1.54) is 19.3 Å². The predicted molar refractivity (Wildman–Crippen MR) is 108 cm³/mol. The summed E-state index contributed by atoms with van der Waals surface area (Å²) < 4.78 is 21.3. The normalized spacial score (nSPS) is 12.1. The summed E-state index contributed by atoms with van der Waals surface area (Å²) in [6.07, 6.45) is 3.05. The first kappa shape index (κ1) is 20.7. The summed E-state index contributed by atoms with van der Waals surface area (Å²) in [5.74, 6) is 0.434. The number of hydrogen-bond acceptors (Lipinski definition) is 7. The molecule has 2 aromatic carbocycles. The van der Waals surface area contributed by atoms with Crippen molar-refractivity contribution >= 4 is 23.6 Å². The Bertz CT molecular complexity index is 975. The molecule has 1 heterocycles. The Balaban J connectivity index is 1.52. The molecule has 1 N–H and O–H groups in total. The van der Waals surface area contributed by atoms with Crippen LogP contribution in [-0.2, 0) is 20.7 Å². The van der Waals surface area contributed by atoms with E-state index in [2.05, 4.69) is 11.4 Å². The number of methoxy groups -OCH3 is 1. The van der Waals surface area contributed by atoms with Gasteiger partial charge in [0.25, 0.3) is 5.91 Å². The first-order chi connectivity index (χ1) is 14.6. The fourth-order valence-electron chi connectivity index (χ4n) is 2.73. The maximum Gasteiger partial charge on any atom is 0.331 e. The Morgan fingerprint density at radius 3 is 2.70 bits per heavy atom. The monoisotopic (exact) mass is 408 g/mol. The van der Waals surface area contributed by atoms with Crippen LogP contribution < -0.4 is 19.5 Å². The van der Waals surface area contributed by atoms with Crippen LogP contribution in [-0.4, -0.2) is 38.8 Å². The zero-order valence-electron chi connectivity index (χ0n) is 16.3. The van der Waals surface area contributed by atoms with Gasteiger partial charge in [0.15, 0.2) is 18.1 Å². The van der Waals surface area contributed by atoms with Crippen LogP contribution in [0.4, 0.5) is 5.69 Å².